The minimum Gasteiger partial charge on any atom is -0.466 e. The van der Waals surface area contributed by atoms with Crippen LogP contribution in [0.25, 0.3) is 0 Å². The lowest BCUT2D eigenvalue weighted by Crippen LogP contribution is -2.45. The van der Waals surface area contributed by atoms with E-state index in [1.807, 2.05) is 13.8 Å². The molecule has 162 valence electrons. The van der Waals surface area contributed by atoms with E-state index in [4.69, 9.17) is 13.6 Å². The molecule has 0 aliphatic rings. The van der Waals surface area contributed by atoms with Crippen molar-refractivity contribution >= 4 is 22.6 Å². The summed E-state index contributed by atoms with van der Waals surface area (Å²) in [5, 5.41) is 0.342. The number of carbonyl (C=O) groups is 1. The molecule has 0 amide bonds. The van der Waals surface area contributed by atoms with Crippen molar-refractivity contribution < 1.29 is 18.4 Å². The fraction of sp³-hybridized carbons (Fsp3) is 0.952. The van der Waals surface area contributed by atoms with Gasteiger partial charge in [0.1, 0.15) is 0 Å². The lowest BCUT2D eigenvalue weighted by Gasteiger charge is -2.39. The molecule has 6 heteroatoms. The van der Waals surface area contributed by atoms with Crippen molar-refractivity contribution in [2.24, 2.45) is 11.8 Å². The fourth-order valence-electron chi connectivity index (χ4n) is 2.15. The van der Waals surface area contributed by atoms with Gasteiger partial charge in [-0.05, 0) is 49.6 Å². The molecule has 0 aromatic heterocycles. The Hall–Kier alpha value is -0.176. The van der Waals surface area contributed by atoms with Crippen molar-refractivity contribution in [1.29, 1.82) is 0 Å². The van der Waals surface area contributed by atoms with Gasteiger partial charge in [-0.15, -0.1) is 0 Å². The van der Waals surface area contributed by atoms with E-state index in [0.717, 1.165) is 6.42 Å². The zero-order valence-electron chi connectivity index (χ0n) is 20.1. The first-order valence-electron chi connectivity index (χ1n) is 10.4. The molecule has 0 aliphatic heterocycles. The van der Waals surface area contributed by atoms with Crippen molar-refractivity contribution in [3.8, 4) is 0 Å². The Labute approximate surface area is 171 Å². The standard InChI is InChI=1S/C21H46O4Si2/c1-13-23-19(22)17(2)14-18(15-24-26(9,10)20(3,4)5)16-25-27(11,12)21(6,7)8/h17-18H,13-16H2,1-12H3. The van der Waals surface area contributed by atoms with Crippen molar-refractivity contribution in [1.82, 2.24) is 0 Å². The molecular weight excluding hydrogens is 372 g/mol. The van der Waals surface area contributed by atoms with E-state index in [2.05, 4.69) is 67.7 Å². The molecule has 0 radical (unpaired) electrons. The van der Waals surface area contributed by atoms with Crippen LogP contribution in [-0.2, 0) is 18.4 Å². The van der Waals surface area contributed by atoms with Crippen LogP contribution in [0.1, 0.15) is 61.8 Å². The zero-order chi connectivity index (χ0) is 21.7. The monoisotopic (exact) mass is 418 g/mol. The van der Waals surface area contributed by atoms with Crippen LogP contribution in [0.3, 0.4) is 0 Å². The second kappa shape index (κ2) is 10.0. The van der Waals surface area contributed by atoms with E-state index in [9.17, 15) is 4.79 Å². The first-order chi connectivity index (χ1) is 11.9. The van der Waals surface area contributed by atoms with Crippen LogP contribution >= 0.6 is 0 Å². The number of ether oxygens (including phenoxy) is 1. The third kappa shape index (κ3) is 8.79. The highest BCUT2D eigenvalue weighted by Crippen LogP contribution is 2.38. The van der Waals surface area contributed by atoms with E-state index >= 15 is 0 Å². The summed E-state index contributed by atoms with van der Waals surface area (Å²) in [6, 6.07) is 0. The molecular formula is C21H46O4Si2. The minimum absolute atomic E-state index is 0.123. The molecule has 0 aliphatic carbocycles. The van der Waals surface area contributed by atoms with Gasteiger partial charge < -0.3 is 13.6 Å². The molecule has 0 saturated carbocycles. The average Bonchev–Trinajstić information content (AvgIpc) is 2.47. The highest BCUT2D eigenvalue weighted by Gasteiger charge is 2.40. The molecule has 27 heavy (non-hydrogen) atoms. The summed E-state index contributed by atoms with van der Waals surface area (Å²) < 4.78 is 18.1. The fourth-order valence-corrected chi connectivity index (χ4v) is 4.32. The van der Waals surface area contributed by atoms with Crippen LogP contribution in [0.2, 0.25) is 36.3 Å². The third-order valence-electron chi connectivity index (χ3n) is 6.35. The minimum atomic E-state index is -1.83. The number of rotatable bonds is 10. The maximum Gasteiger partial charge on any atom is 0.308 e. The van der Waals surface area contributed by atoms with Crippen LogP contribution in [0.15, 0.2) is 0 Å². The predicted molar refractivity (Wildman–Crippen MR) is 120 cm³/mol. The molecule has 0 aromatic rings. The van der Waals surface area contributed by atoms with Gasteiger partial charge in [0.25, 0.3) is 0 Å². The first kappa shape index (κ1) is 26.8. The summed E-state index contributed by atoms with van der Waals surface area (Å²) in [7, 11) is -3.67. The Bertz CT molecular complexity index is 432. The smallest absolute Gasteiger partial charge is 0.308 e. The highest BCUT2D eigenvalue weighted by atomic mass is 28.4. The van der Waals surface area contributed by atoms with Crippen LogP contribution in [0, 0.1) is 11.8 Å². The van der Waals surface area contributed by atoms with Crippen LogP contribution in [0.5, 0.6) is 0 Å². The predicted octanol–water partition coefficient (Wildman–Crippen LogP) is 6.24. The maximum atomic E-state index is 12.1. The number of esters is 1. The number of carbonyl (C=O) groups excluding carboxylic acids is 1. The molecule has 0 rings (SSSR count). The van der Waals surface area contributed by atoms with E-state index < -0.39 is 16.6 Å². The highest BCUT2D eigenvalue weighted by molar-refractivity contribution is 6.74. The second-order valence-electron chi connectivity index (χ2n) is 10.9. The summed E-state index contributed by atoms with van der Waals surface area (Å²) in [6.07, 6.45) is 0.738. The summed E-state index contributed by atoms with van der Waals surface area (Å²) in [5.41, 5.74) is 0. The molecule has 0 bridgehead atoms. The lowest BCUT2D eigenvalue weighted by molar-refractivity contribution is -0.148. The summed E-state index contributed by atoms with van der Waals surface area (Å²) in [6.45, 7) is 28.1. The van der Waals surface area contributed by atoms with Crippen LogP contribution in [0.4, 0.5) is 0 Å². The number of hydrogen-bond acceptors (Lipinski definition) is 4. The van der Waals surface area contributed by atoms with Crippen LogP contribution < -0.4 is 0 Å². The van der Waals surface area contributed by atoms with Crippen molar-refractivity contribution in [2.75, 3.05) is 19.8 Å². The van der Waals surface area contributed by atoms with E-state index in [-0.39, 0.29) is 27.9 Å². The van der Waals surface area contributed by atoms with Gasteiger partial charge in [-0.2, -0.15) is 0 Å². The van der Waals surface area contributed by atoms with E-state index in [1.165, 1.54) is 0 Å². The normalized spacial score (nSPS) is 15.1. The molecule has 0 fully saturated rings. The summed E-state index contributed by atoms with van der Waals surface area (Å²) in [5.74, 6) is -0.0595. The molecule has 0 aromatic carbocycles. The van der Waals surface area contributed by atoms with Crippen LogP contribution in [-0.4, -0.2) is 42.4 Å². The summed E-state index contributed by atoms with van der Waals surface area (Å²) >= 11 is 0. The van der Waals surface area contributed by atoms with Gasteiger partial charge >= 0.3 is 5.97 Å². The molecule has 1 atom stereocenters. The molecule has 4 nitrogen and oxygen atoms in total. The molecule has 1 unspecified atom stereocenters. The molecule has 0 heterocycles. The maximum absolute atomic E-state index is 12.1. The quantitative estimate of drug-likeness (QED) is 0.311. The Balaban J connectivity index is 5.13. The van der Waals surface area contributed by atoms with Gasteiger partial charge in [-0.1, -0.05) is 48.5 Å². The van der Waals surface area contributed by atoms with E-state index in [1.54, 1.807) is 0 Å². The van der Waals surface area contributed by atoms with Crippen molar-refractivity contribution in [2.45, 2.75) is 98.1 Å². The second-order valence-corrected chi connectivity index (χ2v) is 20.5. The Morgan fingerprint density at radius 2 is 1.22 bits per heavy atom. The van der Waals surface area contributed by atoms with Gasteiger partial charge in [0, 0.05) is 19.1 Å². The molecule has 0 N–H and O–H groups in total. The Kier molecular flexibility index (Phi) is 9.97. The molecule has 0 spiro atoms. The van der Waals surface area contributed by atoms with Gasteiger partial charge in [0.05, 0.1) is 12.5 Å². The van der Waals surface area contributed by atoms with Crippen molar-refractivity contribution in [3.63, 3.8) is 0 Å². The third-order valence-corrected chi connectivity index (χ3v) is 15.3. The van der Waals surface area contributed by atoms with Gasteiger partial charge in [-0.25, -0.2) is 0 Å². The largest absolute Gasteiger partial charge is 0.466 e. The lowest BCUT2D eigenvalue weighted by atomic mass is 9.97. The topological polar surface area (TPSA) is 44.8 Å². The first-order valence-corrected chi connectivity index (χ1v) is 16.2. The van der Waals surface area contributed by atoms with Gasteiger partial charge in [-0.3, -0.25) is 4.79 Å². The Morgan fingerprint density at radius 3 is 1.52 bits per heavy atom. The summed E-state index contributed by atoms with van der Waals surface area (Å²) in [4.78, 5) is 12.1. The van der Waals surface area contributed by atoms with Gasteiger partial charge in [0.2, 0.25) is 0 Å². The van der Waals surface area contributed by atoms with E-state index in [0.29, 0.717) is 19.8 Å². The zero-order valence-corrected chi connectivity index (χ0v) is 22.1. The SMILES string of the molecule is CCOC(=O)C(C)CC(CO[Si](C)(C)C(C)(C)C)CO[Si](C)(C)C(C)(C)C. The molecule has 0 saturated heterocycles. The average molecular weight is 419 g/mol. The number of hydrogen-bond donors (Lipinski definition) is 0. The van der Waals surface area contributed by atoms with Gasteiger partial charge in [0.15, 0.2) is 16.6 Å². The van der Waals surface area contributed by atoms with Crippen molar-refractivity contribution in [3.05, 3.63) is 0 Å². The Morgan fingerprint density at radius 1 is 0.852 bits per heavy atom.